The summed E-state index contributed by atoms with van der Waals surface area (Å²) in [4.78, 5) is 12.2. The Morgan fingerprint density at radius 3 is 2.35 bits per heavy atom. The van der Waals surface area contributed by atoms with Crippen molar-refractivity contribution >= 4 is 15.7 Å². The number of carbonyl (C=O) groups excluding carboxylic acids is 1. The van der Waals surface area contributed by atoms with Crippen LogP contribution in [0.3, 0.4) is 0 Å². The van der Waals surface area contributed by atoms with Crippen molar-refractivity contribution in [2.24, 2.45) is 5.92 Å². The standard InChI is InChI=1S/C18H29NO3S/c1-4-6-8-15(3)18(20)19-13-7-14-23(21,22)17-11-9-16(5-2)10-12-17/h9-12,15H,4-8,13-14H2,1-3H3,(H,19,20)/t15-/m0/s1. The molecule has 1 aromatic rings. The van der Waals surface area contributed by atoms with Crippen LogP contribution in [0.4, 0.5) is 0 Å². The Bertz CT molecular complexity index is 579. The summed E-state index contributed by atoms with van der Waals surface area (Å²) in [6.07, 6.45) is 4.32. The van der Waals surface area contributed by atoms with Crippen LogP contribution >= 0.6 is 0 Å². The van der Waals surface area contributed by atoms with Crippen molar-refractivity contribution in [3.8, 4) is 0 Å². The Kier molecular flexibility index (Phi) is 8.31. The second-order valence-corrected chi connectivity index (χ2v) is 8.11. The molecule has 1 N–H and O–H groups in total. The molecule has 0 radical (unpaired) electrons. The van der Waals surface area contributed by atoms with Crippen LogP contribution in [0.25, 0.3) is 0 Å². The number of nitrogens with one attached hydrogen (secondary N) is 1. The van der Waals surface area contributed by atoms with Gasteiger partial charge in [-0.15, -0.1) is 0 Å². The van der Waals surface area contributed by atoms with E-state index in [0.717, 1.165) is 31.2 Å². The molecule has 0 saturated carbocycles. The number of amides is 1. The zero-order valence-corrected chi connectivity index (χ0v) is 15.3. The molecule has 0 bridgehead atoms. The van der Waals surface area contributed by atoms with Crippen LogP contribution < -0.4 is 5.32 Å². The van der Waals surface area contributed by atoms with Gasteiger partial charge in [0.25, 0.3) is 0 Å². The lowest BCUT2D eigenvalue weighted by Crippen LogP contribution is -2.30. The lowest BCUT2D eigenvalue weighted by Gasteiger charge is -2.11. The number of unbranched alkanes of at least 4 members (excludes halogenated alkanes) is 1. The molecule has 0 heterocycles. The van der Waals surface area contributed by atoms with Gasteiger partial charge in [-0.25, -0.2) is 8.42 Å². The van der Waals surface area contributed by atoms with Gasteiger partial charge in [-0.05, 0) is 37.0 Å². The molecule has 23 heavy (non-hydrogen) atoms. The van der Waals surface area contributed by atoms with Crippen LogP contribution in [0, 0.1) is 5.92 Å². The van der Waals surface area contributed by atoms with Gasteiger partial charge in [0.05, 0.1) is 10.6 Å². The zero-order valence-electron chi connectivity index (χ0n) is 14.5. The first-order chi connectivity index (χ1) is 10.9. The fourth-order valence-corrected chi connectivity index (χ4v) is 3.65. The van der Waals surface area contributed by atoms with Crippen molar-refractivity contribution in [3.63, 3.8) is 0 Å². The van der Waals surface area contributed by atoms with Crippen molar-refractivity contribution in [1.29, 1.82) is 0 Å². The van der Waals surface area contributed by atoms with Crippen LogP contribution in [0.2, 0.25) is 0 Å². The van der Waals surface area contributed by atoms with Crippen LogP contribution in [-0.4, -0.2) is 26.6 Å². The van der Waals surface area contributed by atoms with Crippen LogP contribution in [0.1, 0.15) is 52.0 Å². The summed E-state index contributed by atoms with van der Waals surface area (Å²) in [7, 11) is -3.27. The number of hydrogen-bond acceptors (Lipinski definition) is 3. The molecule has 1 atom stereocenters. The average Bonchev–Trinajstić information content (AvgIpc) is 2.56. The summed E-state index contributed by atoms with van der Waals surface area (Å²) in [5.74, 6) is 0.0681. The molecule has 4 nitrogen and oxygen atoms in total. The first kappa shape index (κ1) is 19.7. The van der Waals surface area contributed by atoms with E-state index in [9.17, 15) is 13.2 Å². The highest BCUT2D eigenvalue weighted by Gasteiger charge is 2.15. The molecule has 0 aliphatic heterocycles. The Hall–Kier alpha value is -1.36. The molecule has 1 aromatic carbocycles. The second kappa shape index (κ2) is 9.71. The van der Waals surface area contributed by atoms with E-state index < -0.39 is 9.84 Å². The van der Waals surface area contributed by atoms with E-state index in [-0.39, 0.29) is 17.6 Å². The zero-order chi connectivity index (χ0) is 17.3. The Morgan fingerprint density at radius 2 is 1.78 bits per heavy atom. The molecular weight excluding hydrogens is 310 g/mol. The number of sulfone groups is 1. The summed E-state index contributed by atoms with van der Waals surface area (Å²) < 4.78 is 24.5. The number of benzene rings is 1. The molecular formula is C18H29NO3S. The summed E-state index contributed by atoms with van der Waals surface area (Å²) in [6, 6.07) is 7.04. The number of carbonyl (C=O) groups is 1. The number of rotatable bonds is 10. The van der Waals surface area contributed by atoms with E-state index in [1.807, 2.05) is 26.0 Å². The molecule has 0 saturated heterocycles. The topological polar surface area (TPSA) is 63.2 Å². The maximum atomic E-state index is 12.2. The van der Waals surface area contributed by atoms with Gasteiger partial charge in [0.1, 0.15) is 0 Å². The molecule has 1 rings (SSSR count). The van der Waals surface area contributed by atoms with Crippen molar-refractivity contribution < 1.29 is 13.2 Å². The van der Waals surface area contributed by atoms with Gasteiger partial charge in [-0.2, -0.15) is 0 Å². The van der Waals surface area contributed by atoms with Crippen molar-refractivity contribution in [3.05, 3.63) is 29.8 Å². The Morgan fingerprint density at radius 1 is 1.13 bits per heavy atom. The third-order valence-electron chi connectivity index (χ3n) is 4.02. The fourth-order valence-electron chi connectivity index (χ4n) is 2.34. The van der Waals surface area contributed by atoms with E-state index >= 15 is 0 Å². The lowest BCUT2D eigenvalue weighted by molar-refractivity contribution is -0.124. The first-order valence-electron chi connectivity index (χ1n) is 8.50. The molecule has 0 unspecified atom stereocenters. The molecule has 0 aromatic heterocycles. The summed E-state index contributed by atoms with van der Waals surface area (Å²) in [5, 5.41) is 2.83. The van der Waals surface area contributed by atoms with Crippen LogP contribution in [0.5, 0.6) is 0 Å². The number of aryl methyl sites for hydroxylation is 1. The molecule has 0 fully saturated rings. The van der Waals surface area contributed by atoms with E-state index in [0.29, 0.717) is 17.9 Å². The van der Waals surface area contributed by atoms with Crippen molar-refractivity contribution in [2.75, 3.05) is 12.3 Å². The third kappa shape index (κ3) is 6.73. The molecule has 0 spiro atoms. The molecule has 5 heteroatoms. The maximum absolute atomic E-state index is 12.2. The van der Waals surface area contributed by atoms with Gasteiger partial charge in [0.15, 0.2) is 9.84 Å². The summed E-state index contributed by atoms with van der Waals surface area (Å²) >= 11 is 0. The Labute approximate surface area is 140 Å². The van der Waals surface area contributed by atoms with E-state index in [2.05, 4.69) is 12.2 Å². The SMILES string of the molecule is CCCC[C@H](C)C(=O)NCCCS(=O)(=O)c1ccc(CC)cc1. The van der Waals surface area contributed by atoms with Gasteiger partial charge in [0.2, 0.25) is 5.91 Å². The van der Waals surface area contributed by atoms with E-state index in [1.54, 1.807) is 12.1 Å². The monoisotopic (exact) mass is 339 g/mol. The van der Waals surface area contributed by atoms with E-state index in [4.69, 9.17) is 0 Å². The minimum absolute atomic E-state index is 0.00635. The van der Waals surface area contributed by atoms with Crippen LogP contribution in [-0.2, 0) is 21.1 Å². The quantitative estimate of drug-likeness (QED) is 0.665. The van der Waals surface area contributed by atoms with Gasteiger partial charge >= 0.3 is 0 Å². The minimum atomic E-state index is -3.27. The third-order valence-corrected chi connectivity index (χ3v) is 5.83. The van der Waals surface area contributed by atoms with Crippen molar-refractivity contribution in [2.45, 2.75) is 57.8 Å². The van der Waals surface area contributed by atoms with E-state index in [1.165, 1.54) is 0 Å². The minimum Gasteiger partial charge on any atom is -0.356 e. The average molecular weight is 340 g/mol. The van der Waals surface area contributed by atoms with Gasteiger partial charge in [-0.3, -0.25) is 4.79 Å². The summed E-state index contributed by atoms with van der Waals surface area (Å²) in [6.45, 7) is 6.45. The van der Waals surface area contributed by atoms with Crippen LogP contribution in [0.15, 0.2) is 29.2 Å². The fraction of sp³-hybridized carbons (Fsp3) is 0.611. The maximum Gasteiger partial charge on any atom is 0.222 e. The smallest absolute Gasteiger partial charge is 0.222 e. The van der Waals surface area contributed by atoms with Crippen molar-refractivity contribution in [1.82, 2.24) is 5.32 Å². The second-order valence-electron chi connectivity index (χ2n) is 6.00. The molecule has 0 aliphatic rings. The molecule has 130 valence electrons. The number of hydrogen-bond donors (Lipinski definition) is 1. The van der Waals surface area contributed by atoms with Gasteiger partial charge < -0.3 is 5.32 Å². The predicted octanol–water partition coefficient (Wildman–Crippen LogP) is 3.36. The summed E-state index contributed by atoms with van der Waals surface area (Å²) in [5.41, 5.74) is 1.12. The van der Waals surface area contributed by atoms with Gasteiger partial charge in [0, 0.05) is 12.5 Å². The normalized spacial score (nSPS) is 12.8. The highest BCUT2D eigenvalue weighted by molar-refractivity contribution is 7.91. The molecule has 1 amide bonds. The Balaban J connectivity index is 2.40. The lowest BCUT2D eigenvalue weighted by atomic mass is 10.0. The van der Waals surface area contributed by atoms with Gasteiger partial charge in [-0.1, -0.05) is 45.7 Å². The largest absolute Gasteiger partial charge is 0.356 e. The molecule has 0 aliphatic carbocycles. The predicted molar refractivity (Wildman–Crippen MR) is 94.2 cm³/mol. The first-order valence-corrected chi connectivity index (χ1v) is 10.1. The highest BCUT2D eigenvalue weighted by atomic mass is 32.2. The highest BCUT2D eigenvalue weighted by Crippen LogP contribution is 2.14.